The highest BCUT2D eigenvalue weighted by molar-refractivity contribution is 5.99. The van der Waals surface area contributed by atoms with Gasteiger partial charge in [-0.05, 0) is 12.1 Å². The summed E-state index contributed by atoms with van der Waals surface area (Å²) in [6.45, 7) is 0. The van der Waals surface area contributed by atoms with Crippen molar-refractivity contribution >= 4 is 22.1 Å². The Hall–Kier alpha value is -3.45. The van der Waals surface area contributed by atoms with E-state index in [9.17, 15) is 10.1 Å². The van der Waals surface area contributed by atoms with E-state index in [0.29, 0.717) is 16.5 Å². The minimum absolute atomic E-state index is 0.0299. The van der Waals surface area contributed by atoms with Crippen LogP contribution in [0.25, 0.3) is 10.8 Å². The lowest BCUT2D eigenvalue weighted by Gasteiger charge is -2.06. The molecule has 0 aliphatic heterocycles. The van der Waals surface area contributed by atoms with Gasteiger partial charge in [-0.2, -0.15) is 10.5 Å². The third-order valence-corrected chi connectivity index (χ3v) is 2.60. The van der Waals surface area contributed by atoms with Crippen LogP contribution in [0.3, 0.4) is 0 Å². The Bertz CT molecular complexity index is 782. The van der Waals surface area contributed by atoms with Gasteiger partial charge in [0.15, 0.2) is 0 Å². The van der Waals surface area contributed by atoms with Gasteiger partial charge in [-0.1, -0.05) is 0 Å². The van der Waals surface area contributed by atoms with E-state index in [1.807, 2.05) is 0 Å². The van der Waals surface area contributed by atoms with E-state index in [2.05, 4.69) is 10.3 Å². The maximum atomic E-state index is 11.0. The third-order valence-electron chi connectivity index (χ3n) is 2.60. The van der Waals surface area contributed by atoms with Gasteiger partial charge in [0, 0.05) is 35.7 Å². The highest BCUT2D eigenvalue weighted by Gasteiger charge is 2.13. The summed E-state index contributed by atoms with van der Waals surface area (Å²) in [6, 6.07) is 7.83. The van der Waals surface area contributed by atoms with E-state index in [1.165, 1.54) is 36.8 Å². The summed E-state index contributed by atoms with van der Waals surface area (Å²) in [5.74, 6) is 0. The standard InChI is InChI=1S/C13H7N5O2/c14-5-9(6-15)7-17-12-1-2-13(18(19)20)10-3-4-16-8-11(10)12/h1-4,7-8,17H. The molecule has 0 saturated heterocycles. The molecule has 0 amide bonds. The van der Waals surface area contributed by atoms with Crippen LogP contribution in [0.1, 0.15) is 0 Å². The second kappa shape index (κ2) is 5.46. The van der Waals surface area contributed by atoms with Crippen molar-refractivity contribution < 1.29 is 4.92 Å². The molecule has 1 heterocycles. The number of pyridine rings is 1. The van der Waals surface area contributed by atoms with Crippen molar-refractivity contribution in [3.63, 3.8) is 0 Å². The second-order valence-electron chi connectivity index (χ2n) is 3.74. The van der Waals surface area contributed by atoms with Gasteiger partial charge < -0.3 is 5.32 Å². The van der Waals surface area contributed by atoms with Crippen molar-refractivity contribution in [3.05, 3.63) is 52.5 Å². The number of rotatable bonds is 3. The minimum atomic E-state index is -0.474. The summed E-state index contributed by atoms with van der Waals surface area (Å²) in [6.07, 6.45) is 4.19. The van der Waals surface area contributed by atoms with E-state index in [0.717, 1.165) is 0 Å². The number of aromatic nitrogens is 1. The number of hydrogen-bond donors (Lipinski definition) is 1. The molecule has 1 N–H and O–H groups in total. The molecular weight excluding hydrogens is 258 g/mol. The van der Waals surface area contributed by atoms with Gasteiger partial charge in [0.1, 0.15) is 17.7 Å². The molecule has 2 rings (SSSR count). The predicted octanol–water partition coefficient (Wildman–Crippen LogP) is 2.49. The summed E-state index contributed by atoms with van der Waals surface area (Å²) >= 11 is 0. The molecule has 1 aromatic carbocycles. The van der Waals surface area contributed by atoms with E-state index < -0.39 is 4.92 Å². The van der Waals surface area contributed by atoms with E-state index in [4.69, 9.17) is 10.5 Å². The fourth-order valence-electron chi connectivity index (χ4n) is 1.70. The summed E-state index contributed by atoms with van der Waals surface area (Å²) in [5, 5.41) is 32.0. The first-order valence-electron chi connectivity index (χ1n) is 5.45. The number of nitro benzene ring substituents is 1. The summed E-state index contributed by atoms with van der Waals surface area (Å²) in [7, 11) is 0. The number of nitrogens with zero attached hydrogens (tertiary/aromatic N) is 4. The zero-order chi connectivity index (χ0) is 14.5. The molecular formula is C13H7N5O2. The van der Waals surface area contributed by atoms with Crippen LogP contribution in [0.5, 0.6) is 0 Å². The summed E-state index contributed by atoms with van der Waals surface area (Å²) in [5.41, 5.74) is 0.403. The minimum Gasteiger partial charge on any atom is -0.359 e. The molecule has 0 aliphatic carbocycles. The van der Waals surface area contributed by atoms with Crippen LogP contribution in [-0.4, -0.2) is 9.91 Å². The molecule has 7 heteroatoms. The van der Waals surface area contributed by atoms with Crippen molar-refractivity contribution in [2.24, 2.45) is 0 Å². The molecule has 1 aromatic heterocycles. The van der Waals surface area contributed by atoms with Gasteiger partial charge >= 0.3 is 0 Å². The van der Waals surface area contributed by atoms with Gasteiger partial charge in [-0.3, -0.25) is 15.1 Å². The number of allylic oxidation sites excluding steroid dienone is 1. The monoisotopic (exact) mass is 265 g/mol. The first kappa shape index (κ1) is 13.0. The molecule has 96 valence electrons. The van der Waals surface area contributed by atoms with E-state index >= 15 is 0 Å². The largest absolute Gasteiger partial charge is 0.359 e. The van der Waals surface area contributed by atoms with Crippen molar-refractivity contribution in [2.45, 2.75) is 0 Å². The zero-order valence-corrected chi connectivity index (χ0v) is 10.1. The zero-order valence-electron chi connectivity index (χ0n) is 10.1. The van der Waals surface area contributed by atoms with Gasteiger partial charge in [-0.25, -0.2) is 0 Å². The Morgan fingerprint density at radius 1 is 1.30 bits per heavy atom. The molecule has 0 radical (unpaired) electrons. The van der Waals surface area contributed by atoms with Gasteiger partial charge in [0.05, 0.1) is 10.3 Å². The molecule has 0 spiro atoms. The Balaban J connectivity index is 2.55. The Morgan fingerprint density at radius 3 is 2.70 bits per heavy atom. The molecule has 0 aliphatic rings. The first-order valence-corrected chi connectivity index (χ1v) is 5.45. The highest BCUT2D eigenvalue weighted by Crippen LogP contribution is 2.30. The van der Waals surface area contributed by atoms with Crippen LogP contribution in [-0.2, 0) is 0 Å². The number of fused-ring (bicyclic) bond motifs is 1. The molecule has 7 nitrogen and oxygen atoms in total. The topological polar surface area (TPSA) is 116 Å². The van der Waals surface area contributed by atoms with Crippen LogP contribution >= 0.6 is 0 Å². The van der Waals surface area contributed by atoms with Gasteiger partial charge in [0.25, 0.3) is 5.69 Å². The van der Waals surface area contributed by atoms with Crippen LogP contribution in [0, 0.1) is 32.8 Å². The van der Waals surface area contributed by atoms with E-state index in [1.54, 1.807) is 12.1 Å². The number of benzene rings is 1. The van der Waals surface area contributed by atoms with E-state index in [-0.39, 0.29) is 11.3 Å². The highest BCUT2D eigenvalue weighted by atomic mass is 16.6. The lowest BCUT2D eigenvalue weighted by molar-refractivity contribution is -0.383. The lowest BCUT2D eigenvalue weighted by atomic mass is 10.1. The average Bonchev–Trinajstić information content (AvgIpc) is 2.47. The molecule has 0 unspecified atom stereocenters. The van der Waals surface area contributed by atoms with Crippen LogP contribution in [0.4, 0.5) is 11.4 Å². The molecule has 0 bridgehead atoms. The maximum Gasteiger partial charge on any atom is 0.277 e. The molecule has 0 saturated carbocycles. The molecule has 20 heavy (non-hydrogen) atoms. The quantitative estimate of drug-likeness (QED) is 0.517. The maximum absolute atomic E-state index is 11.0. The Labute approximate surface area is 113 Å². The smallest absolute Gasteiger partial charge is 0.277 e. The van der Waals surface area contributed by atoms with Gasteiger partial charge in [0.2, 0.25) is 0 Å². The molecule has 0 atom stereocenters. The van der Waals surface area contributed by atoms with Gasteiger partial charge in [-0.15, -0.1) is 0 Å². The number of nitrogens with one attached hydrogen (secondary N) is 1. The predicted molar refractivity (Wildman–Crippen MR) is 71.3 cm³/mol. The SMILES string of the molecule is N#CC(C#N)=CNc1ccc([N+](=O)[O-])c2ccncc12. The van der Waals surface area contributed by atoms with Crippen molar-refractivity contribution in [1.29, 1.82) is 10.5 Å². The molecule has 2 aromatic rings. The first-order chi connectivity index (χ1) is 9.67. The average molecular weight is 265 g/mol. The second-order valence-corrected chi connectivity index (χ2v) is 3.74. The normalized spacial score (nSPS) is 9.30. The Morgan fingerprint density at radius 2 is 2.05 bits per heavy atom. The van der Waals surface area contributed by atoms with Crippen molar-refractivity contribution in [2.75, 3.05) is 5.32 Å². The number of anilines is 1. The fourth-order valence-corrected chi connectivity index (χ4v) is 1.70. The number of nitriles is 2. The summed E-state index contributed by atoms with van der Waals surface area (Å²) in [4.78, 5) is 14.4. The van der Waals surface area contributed by atoms with Crippen molar-refractivity contribution in [1.82, 2.24) is 4.98 Å². The number of non-ortho nitro benzene ring substituents is 1. The molecule has 0 fully saturated rings. The third kappa shape index (κ3) is 2.37. The van der Waals surface area contributed by atoms with Crippen LogP contribution in [0.15, 0.2) is 42.4 Å². The Kier molecular flexibility index (Phi) is 3.55. The number of hydrogen-bond acceptors (Lipinski definition) is 6. The fraction of sp³-hybridized carbons (Fsp3) is 0. The van der Waals surface area contributed by atoms with Crippen molar-refractivity contribution in [3.8, 4) is 12.1 Å². The van der Waals surface area contributed by atoms with Crippen LogP contribution in [0.2, 0.25) is 0 Å². The lowest BCUT2D eigenvalue weighted by Crippen LogP contribution is -1.95. The van der Waals surface area contributed by atoms with Crippen LogP contribution < -0.4 is 5.32 Å². The summed E-state index contributed by atoms with van der Waals surface area (Å²) < 4.78 is 0. The number of nitro groups is 1.